The molecular formula is C18H23N5O5. The van der Waals surface area contributed by atoms with Crippen LogP contribution in [-0.2, 0) is 11.3 Å². The second kappa shape index (κ2) is 8.79. The topological polar surface area (TPSA) is 139 Å². The van der Waals surface area contributed by atoms with Crippen LogP contribution in [0, 0.1) is 12.8 Å². The van der Waals surface area contributed by atoms with Crippen LogP contribution in [-0.4, -0.2) is 50.4 Å². The van der Waals surface area contributed by atoms with Crippen LogP contribution in [0.25, 0.3) is 0 Å². The molecule has 28 heavy (non-hydrogen) atoms. The van der Waals surface area contributed by atoms with Crippen LogP contribution in [0.15, 0.2) is 34.0 Å². The number of amides is 2. The van der Waals surface area contributed by atoms with Gasteiger partial charge in [0.25, 0.3) is 5.91 Å². The molecule has 2 aromatic rings. The minimum Gasteiger partial charge on any atom is -0.456 e. The number of hydrogen-bond donors (Lipinski definition) is 3. The van der Waals surface area contributed by atoms with E-state index in [1.165, 1.54) is 12.4 Å². The van der Waals surface area contributed by atoms with Gasteiger partial charge >= 0.3 is 0 Å². The Hall–Kier alpha value is -3.01. The molecule has 2 aromatic heterocycles. The van der Waals surface area contributed by atoms with Crippen molar-refractivity contribution in [2.24, 2.45) is 5.92 Å². The predicted octanol–water partition coefficient (Wildman–Crippen LogP) is -0.384. The third-order valence-electron chi connectivity index (χ3n) is 4.72. The molecule has 10 nitrogen and oxygen atoms in total. The van der Waals surface area contributed by atoms with Gasteiger partial charge in [-0.05, 0) is 26.2 Å². The minimum atomic E-state index is -0.861. The molecule has 0 saturated heterocycles. The van der Waals surface area contributed by atoms with Gasteiger partial charge in [0.1, 0.15) is 18.4 Å². The molecule has 0 radical (unpaired) electrons. The maximum absolute atomic E-state index is 12.3. The van der Waals surface area contributed by atoms with Crippen LogP contribution >= 0.6 is 0 Å². The second-order valence-electron chi connectivity index (χ2n) is 6.87. The van der Waals surface area contributed by atoms with Gasteiger partial charge in [-0.2, -0.15) is 5.10 Å². The fraction of sp³-hybridized carbons (Fsp3) is 0.500. The van der Waals surface area contributed by atoms with Crippen LogP contribution in [0.4, 0.5) is 0 Å². The highest BCUT2D eigenvalue weighted by Crippen LogP contribution is 2.25. The van der Waals surface area contributed by atoms with E-state index in [-0.39, 0.29) is 29.4 Å². The number of hydrogen-bond acceptors (Lipinski definition) is 7. The van der Waals surface area contributed by atoms with E-state index in [1.807, 2.05) is 0 Å². The fourth-order valence-corrected chi connectivity index (χ4v) is 3.29. The minimum absolute atomic E-state index is 0.0924. The number of aliphatic hydroxyl groups is 1. The summed E-state index contributed by atoms with van der Waals surface area (Å²) in [7, 11) is 0. The Morgan fingerprint density at radius 1 is 1.36 bits per heavy atom. The van der Waals surface area contributed by atoms with Crippen LogP contribution in [0.5, 0.6) is 0 Å². The lowest BCUT2D eigenvalue weighted by atomic mass is 9.83. The summed E-state index contributed by atoms with van der Waals surface area (Å²) in [6, 6.07) is 1.90. The summed E-state index contributed by atoms with van der Waals surface area (Å²) >= 11 is 0. The van der Waals surface area contributed by atoms with Gasteiger partial charge in [0.05, 0.1) is 18.7 Å². The van der Waals surface area contributed by atoms with E-state index in [4.69, 9.17) is 4.42 Å². The molecule has 2 amide bonds. The number of nitrogens with zero attached hydrogens (tertiary/aromatic N) is 3. The standard InChI is InChI=1S/C18H23N5O5/c1-11-6-13(24)8-16(28-11)18(27)22-14-3-2-12(7-15(14)25)17(26)20-4-5-23-10-19-9-21-23/h6,8-10,12,14-15,25H,2-5,7H2,1H3,(H,20,26)(H,22,27)/t12-,14+,15+/m0/s1. The molecule has 0 bridgehead atoms. The van der Waals surface area contributed by atoms with Crippen molar-refractivity contribution in [1.82, 2.24) is 25.4 Å². The van der Waals surface area contributed by atoms with Crippen molar-refractivity contribution in [2.45, 2.75) is 44.9 Å². The Morgan fingerprint density at radius 3 is 2.86 bits per heavy atom. The molecule has 0 spiro atoms. The summed E-state index contributed by atoms with van der Waals surface area (Å²) in [5, 5.41) is 19.8. The first-order valence-corrected chi connectivity index (χ1v) is 9.13. The van der Waals surface area contributed by atoms with Crippen LogP contribution in [0.1, 0.15) is 35.6 Å². The normalized spacial score (nSPS) is 21.9. The Morgan fingerprint density at radius 2 is 2.18 bits per heavy atom. The molecule has 1 fully saturated rings. The lowest BCUT2D eigenvalue weighted by molar-refractivity contribution is -0.127. The monoisotopic (exact) mass is 389 g/mol. The van der Waals surface area contributed by atoms with Crippen molar-refractivity contribution < 1.29 is 19.1 Å². The number of aryl methyl sites for hydroxylation is 1. The summed E-state index contributed by atoms with van der Waals surface area (Å²) in [5.41, 5.74) is -0.319. The fourth-order valence-electron chi connectivity index (χ4n) is 3.29. The van der Waals surface area contributed by atoms with E-state index < -0.39 is 18.1 Å². The maximum Gasteiger partial charge on any atom is 0.287 e. The lowest BCUT2D eigenvalue weighted by Gasteiger charge is -2.32. The largest absolute Gasteiger partial charge is 0.456 e. The molecule has 3 rings (SSSR count). The van der Waals surface area contributed by atoms with E-state index in [1.54, 1.807) is 17.9 Å². The number of carbonyl (C=O) groups is 2. The zero-order valence-electron chi connectivity index (χ0n) is 15.5. The highest BCUT2D eigenvalue weighted by atomic mass is 16.3. The third-order valence-corrected chi connectivity index (χ3v) is 4.72. The van der Waals surface area contributed by atoms with Crippen molar-refractivity contribution in [3.05, 3.63) is 46.5 Å². The number of aromatic nitrogens is 3. The van der Waals surface area contributed by atoms with E-state index >= 15 is 0 Å². The van der Waals surface area contributed by atoms with Gasteiger partial charge < -0.3 is 20.2 Å². The third kappa shape index (κ3) is 5.03. The summed E-state index contributed by atoms with van der Waals surface area (Å²) in [6.45, 7) is 2.52. The van der Waals surface area contributed by atoms with E-state index in [2.05, 4.69) is 20.7 Å². The summed E-state index contributed by atoms with van der Waals surface area (Å²) in [6.07, 6.45) is 3.37. The lowest BCUT2D eigenvalue weighted by Crippen LogP contribution is -2.49. The van der Waals surface area contributed by atoms with Crippen molar-refractivity contribution in [2.75, 3.05) is 6.54 Å². The molecule has 2 heterocycles. The van der Waals surface area contributed by atoms with Crippen LogP contribution < -0.4 is 16.1 Å². The molecule has 1 aliphatic rings. The maximum atomic E-state index is 12.3. The van der Waals surface area contributed by atoms with E-state index in [0.717, 1.165) is 6.07 Å². The van der Waals surface area contributed by atoms with Gasteiger partial charge in [0.2, 0.25) is 5.91 Å². The van der Waals surface area contributed by atoms with Gasteiger partial charge in [-0.25, -0.2) is 4.98 Å². The van der Waals surface area contributed by atoms with Crippen molar-refractivity contribution >= 4 is 11.8 Å². The number of nitrogens with one attached hydrogen (secondary N) is 2. The Labute approximate surface area is 161 Å². The first-order chi connectivity index (χ1) is 13.4. The van der Waals surface area contributed by atoms with E-state index in [9.17, 15) is 19.5 Å². The zero-order chi connectivity index (χ0) is 20.1. The van der Waals surface area contributed by atoms with Gasteiger partial charge in [0.15, 0.2) is 11.2 Å². The molecule has 3 atom stereocenters. The number of carbonyl (C=O) groups excluding carboxylic acids is 2. The van der Waals surface area contributed by atoms with Gasteiger partial charge in [-0.3, -0.25) is 19.1 Å². The first-order valence-electron chi connectivity index (χ1n) is 9.13. The summed E-state index contributed by atoms with van der Waals surface area (Å²) < 4.78 is 6.88. The molecule has 150 valence electrons. The number of rotatable bonds is 6. The Kier molecular flexibility index (Phi) is 6.19. The highest BCUT2D eigenvalue weighted by molar-refractivity contribution is 5.91. The van der Waals surface area contributed by atoms with Gasteiger partial charge in [-0.1, -0.05) is 0 Å². The average molecular weight is 389 g/mol. The SMILES string of the molecule is Cc1cc(=O)cc(C(=O)N[C@@H]2CC[C@H](C(=O)NCCn3cncn3)C[C@H]2O)o1. The molecular weight excluding hydrogens is 366 g/mol. The summed E-state index contributed by atoms with van der Waals surface area (Å²) in [4.78, 5) is 39.9. The molecule has 10 heteroatoms. The number of aliphatic hydroxyl groups excluding tert-OH is 1. The first kappa shape index (κ1) is 19.7. The van der Waals surface area contributed by atoms with E-state index in [0.29, 0.717) is 31.7 Å². The molecule has 1 aliphatic carbocycles. The summed E-state index contributed by atoms with van der Waals surface area (Å²) in [5.74, 6) is -0.764. The molecule has 0 unspecified atom stereocenters. The Bertz CT molecular complexity index is 879. The van der Waals surface area contributed by atoms with Gasteiger partial charge in [-0.15, -0.1) is 0 Å². The smallest absolute Gasteiger partial charge is 0.287 e. The van der Waals surface area contributed by atoms with Crippen LogP contribution in [0.3, 0.4) is 0 Å². The Balaban J connectivity index is 1.48. The molecule has 0 aromatic carbocycles. The quantitative estimate of drug-likeness (QED) is 0.612. The van der Waals surface area contributed by atoms with Crippen molar-refractivity contribution in [1.29, 1.82) is 0 Å². The highest BCUT2D eigenvalue weighted by Gasteiger charge is 2.34. The molecule has 0 aliphatic heterocycles. The zero-order valence-corrected chi connectivity index (χ0v) is 15.5. The molecule has 1 saturated carbocycles. The molecule has 3 N–H and O–H groups in total. The predicted molar refractivity (Wildman–Crippen MR) is 97.3 cm³/mol. The van der Waals surface area contributed by atoms with Crippen LogP contribution in [0.2, 0.25) is 0 Å². The van der Waals surface area contributed by atoms with Gasteiger partial charge in [0, 0.05) is 24.6 Å². The van der Waals surface area contributed by atoms with Crippen molar-refractivity contribution in [3.8, 4) is 0 Å². The second-order valence-corrected chi connectivity index (χ2v) is 6.87. The average Bonchev–Trinajstić information content (AvgIpc) is 3.16. The van der Waals surface area contributed by atoms with Crippen molar-refractivity contribution in [3.63, 3.8) is 0 Å².